The van der Waals surface area contributed by atoms with Gasteiger partial charge < -0.3 is 13.7 Å². The molecule has 7 heteroatoms. The first kappa shape index (κ1) is 17.3. The van der Waals surface area contributed by atoms with Crippen molar-refractivity contribution in [3.63, 3.8) is 0 Å². The molecule has 4 heterocycles. The van der Waals surface area contributed by atoms with Gasteiger partial charge in [-0.1, -0.05) is 11.6 Å². The molecule has 0 bridgehead atoms. The van der Waals surface area contributed by atoms with Crippen molar-refractivity contribution in [1.82, 2.24) is 14.5 Å². The molecular formula is C20H20ClN3O2S. The Kier molecular flexibility index (Phi) is 4.71. The Bertz CT molecular complexity index is 945. The van der Waals surface area contributed by atoms with Gasteiger partial charge in [-0.05, 0) is 55.3 Å². The van der Waals surface area contributed by atoms with Gasteiger partial charge in [0, 0.05) is 42.0 Å². The van der Waals surface area contributed by atoms with Crippen molar-refractivity contribution in [2.75, 3.05) is 13.2 Å². The minimum Gasteiger partial charge on any atom is -0.433 e. The highest BCUT2D eigenvalue weighted by molar-refractivity contribution is 7.99. The van der Waals surface area contributed by atoms with E-state index in [0.717, 1.165) is 83.6 Å². The first-order valence-corrected chi connectivity index (χ1v) is 10.5. The minimum atomic E-state index is 0.318. The molecular weight excluding hydrogens is 382 g/mol. The van der Waals surface area contributed by atoms with Crippen LogP contribution < -0.4 is 0 Å². The highest BCUT2D eigenvalue weighted by Crippen LogP contribution is 2.40. The van der Waals surface area contributed by atoms with Crippen LogP contribution in [-0.2, 0) is 17.7 Å². The fourth-order valence-electron chi connectivity index (χ4n) is 3.73. The lowest BCUT2D eigenvalue weighted by Gasteiger charge is -2.18. The van der Waals surface area contributed by atoms with Crippen molar-refractivity contribution < 1.29 is 9.15 Å². The van der Waals surface area contributed by atoms with Crippen molar-refractivity contribution in [3.8, 4) is 11.4 Å². The van der Waals surface area contributed by atoms with Gasteiger partial charge in [0.2, 0.25) is 0 Å². The Labute approximate surface area is 167 Å². The summed E-state index contributed by atoms with van der Waals surface area (Å²) in [6.45, 7) is 2.53. The number of aryl methyl sites for hydroxylation is 1. The SMILES string of the molecule is Clc1ccc(Sc2oc(C3CCOCC3)nc2-c2cnc3n2CCC3)cc1. The number of aromatic nitrogens is 3. The van der Waals surface area contributed by atoms with E-state index >= 15 is 0 Å². The van der Waals surface area contributed by atoms with Crippen LogP contribution in [0.15, 0.2) is 44.9 Å². The number of hydrogen-bond acceptors (Lipinski definition) is 5. The van der Waals surface area contributed by atoms with Crippen LogP contribution in [0.5, 0.6) is 0 Å². The maximum Gasteiger partial charge on any atom is 0.199 e. The zero-order valence-electron chi connectivity index (χ0n) is 14.9. The Morgan fingerprint density at radius 1 is 1.15 bits per heavy atom. The third-order valence-electron chi connectivity index (χ3n) is 5.17. The second-order valence-corrected chi connectivity index (χ2v) is 8.43. The lowest BCUT2D eigenvalue weighted by Crippen LogP contribution is -2.14. The Hall–Kier alpha value is -1.76. The monoisotopic (exact) mass is 401 g/mol. The molecule has 0 spiro atoms. The molecule has 0 unspecified atom stereocenters. The van der Waals surface area contributed by atoms with Crippen LogP contribution in [0, 0.1) is 0 Å². The lowest BCUT2D eigenvalue weighted by molar-refractivity contribution is 0.0786. The molecule has 1 saturated heterocycles. The van der Waals surface area contributed by atoms with E-state index in [1.807, 2.05) is 30.5 Å². The summed E-state index contributed by atoms with van der Waals surface area (Å²) in [5.74, 6) is 2.28. The van der Waals surface area contributed by atoms with Gasteiger partial charge in [0.05, 0.1) is 11.9 Å². The third kappa shape index (κ3) is 3.42. The van der Waals surface area contributed by atoms with Crippen LogP contribution in [0.1, 0.15) is 36.9 Å². The molecule has 140 valence electrons. The summed E-state index contributed by atoms with van der Waals surface area (Å²) in [5.41, 5.74) is 1.96. The summed E-state index contributed by atoms with van der Waals surface area (Å²) in [6.07, 6.45) is 6.02. The summed E-state index contributed by atoms with van der Waals surface area (Å²) >= 11 is 7.62. The van der Waals surface area contributed by atoms with Gasteiger partial charge in [-0.15, -0.1) is 0 Å². The average molecular weight is 402 g/mol. The highest BCUT2D eigenvalue weighted by atomic mass is 35.5. The van der Waals surface area contributed by atoms with Gasteiger partial charge in [0.1, 0.15) is 11.5 Å². The van der Waals surface area contributed by atoms with Gasteiger partial charge in [0.15, 0.2) is 11.0 Å². The molecule has 0 N–H and O–H groups in total. The lowest BCUT2D eigenvalue weighted by atomic mass is 10.0. The van der Waals surface area contributed by atoms with Crippen molar-refractivity contribution in [1.29, 1.82) is 0 Å². The fraction of sp³-hybridized carbons (Fsp3) is 0.400. The van der Waals surface area contributed by atoms with Crippen molar-refractivity contribution >= 4 is 23.4 Å². The second kappa shape index (κ2) is 7.34. The first-order chi connectivity index (χ1) is 13.3. The number of fused-ring (bicyclic) bond motifs is 1. The highest BCUT2D eigenvalue weighted by Gasteiger charge is 2.27. The zero-order valence-corrected chi connectivity index (χ0v) is 16.4. The molecule has 5 rings (SSSR count). The van der Waals surface area contributed by atoms with Crippen molar-refractivity contribution in [2.24, 2.45) is 0 Å². The third-order valence-corrected chi connectivity index (χ3v) is 6.39. The number of ether oxygens (including phenoxy) is 1. The molecule has 3 aromatic rings. The van der Waals surface area contributed by atoms with Gasteiger partial charge in [-0.2, -0.15) is 0 Å². The number of imidazole rings is 1. The summed E-state index contributed by atoms with van der Waals surface area (Å²) < 4.78 is 14.1. The molecule has 2 aliphatic rings. The van der Waals surface area contributed by atoms with Crippen LogP contribution in [0.2, 0.25) is 5.02 Å². The van der Waals surface area contributed by atoms with E-state index < -0.39 is 0 Å². The number of hydrogen-bond donors (Lipinski definition) is 0. The molecule has 1 fully saturated rings. The Morgan fingerprint density at radius 2 is 1.96 bits per heavy atom. The van der Waals surface area contributed by atoms with Crippen LogP contribution in [-0.4, -0.2) is 27.7 Å². The molecule has 0 amide bonds. The van der Waals surface area contributed by atoms with E-state index in [1.54, 1.807) is 11.8 Å². The number of nitrogens with zero attached hydrogens (tertiary/aromatic N) is 3. The second-order valence-electron chi connectivity index (χ2n) is 6.95. The van der Waals surface area contributed by atoms with E-state index in [2.05, 4.69) is 9.55 Å². The summed E-state index contributed by atoms with van der Waals surface area (Å²) in [6, 6.07) is 7.81. The van der Waals surface area contributed by atoms with Crippen LogP contribution in [0.25, 0.3) is 11.4 Å². The first-order valence-electron chi connectivity index (χ1n) is 9.34. The van der Waals surface area contributed by atoms with Gasteiger partial charge >= 0.3 is 0 Å². The van der Waals surface area contributed by atoms with Crippen LogP contribution in [0.3, 0.4) is 0 Å². The van der Waals surface area contributed by atoms with Crippen LogP contribution in [0.4, 0.5) is 0 Å². The molecule has 2 aliphatic heterocycles. The molecule has 0 saturated carbocycles. The normalized spacial score (nSPS) is 17.4. The quantitative estimate of drug-likeness (QED) is 0.602. The maximum absolute atomic E-state index is 6.29. The van der Waals surface area contributed by atoms with E-state index in [4.69, 9.17) is 25.7 Å². The van der Waals surface area contributed by atoms with E-state index in [-0.39, 0.29) is 0 Å². The predicted octanol–water partition coefficient (Wildman–Crippen LogP) is 5.18. The average Bonchev–Trinajstić information content (AvgIpc) is 3.40. The molecule has 5 nitrogen and oxygen atoms in total. The molecule has 0 aliphatic carbocycles. The predicted molar refractivity (Wildman–Crippen MR) is 104 cm³/mol. The molecule has 0 atom stereocenters. The number of oxazole rings is 1. The van der Waals surface area contributed by atoms with E-state index in [9.17, 15) is 0 Å². The maximum atomic E-state index is 6.29. The van der Waals surface area contributed by atoms with Gasteiger partial charge in [0.25, 0.3) is 0 Å². The largest absolute Gasteiger partial charge is 0.433 e. The Morgan fingerprint density at radius 3 is 2.78 bits per heavy atom. The number of benzene rings is 1. The van der Waals surface area contributed by atoms with Gasteiger partial charge in [-0.3, -0.25) is 0 Å². The molecule has 0 radical (unpaired) electrons. The zero-order chi connectivity index (χ0) is 18.2. The van der Waals surface area contributed by atoms with Crippen LogP contribution >= 0.6 is 23.4 Å². The number of halogens is 1. The molecule has 2 aromatic heterocycles. The Balaban J connectivity index is 1.54. The number of rotatable bonds is 4. The fourth-order valence-corrected chi connectivity index (χ4v) is 4.72. The van der Waals surface area contributed by atoms with E-state index in [1.165, 1.54) is 0 Å². The minimum absolute atomic E-state index is 0.318. The molecule has 27 heavy (non-hydrogen) atoms. The van der Waals surface area contributed by atoms with E-state index in [0.29, 0.717) is 5.92 Å². The summed E-state index contributed by atoms with van der Waals surface area (Å²) in [4.78, 5) is 10.6. The van der Waals surface area contributed by atoms with Gasteiger partial charge in [-0.25, -0.2) is 9.97 Å². The topological polar surface area (TPSA) is 53.1 Å². The summed E-state index contributed by atoms with van der Waals surface area (Å²) in [5, 5.41) is 1.56. The smallest absolute Gasteiger partial charge is 0.199 e. The summed E-state index contributed by atoms with van der Waals surface area (Å²) in [7, 11) is 0. The standard InChI is InChI=1S/C20H20ClN3O2S/c21-14-3-5-15(6-4-14)27-20-18(16-12-22-17-2-1-9-24(16)17)23-19(26-20)13-7-10-25-11-8-13/h3-6,12-13H,1-2,7-11H2. The molecule has 1 aromatic carbocycles. The van der Waals surface area contributed by atoms with Crippen molar-refractivity contribution in [2.45, 2.75) is 48.1 Å². The van der Waals surface area contributed by atoms with Crippen molar-refractivity contribution in [3.05, 3.63) is 47.2 Å².